The van der Waals surface area contributed by atoms with E-state index in [-0.39, 0.29) is 5.89 Å². The summed E-state index contributed by atoms with van der Waals surface area (Å²) in [5.41, 5.74) is 0.147. The zero-order valence-corrected chi connectivity index (χ0v) is 13.8. The molecule has 0 radical (unpaired) electrons. The van der Waals surface area contributed by atoms with Gasteiger partial charge in [0.15, 0.2) is 0 Å². The first-order valence-electron chi connectivity index (χ1n) is 7.86. The van der Waals surface area contributed by atoms with Crippen molar-refractivity contribution in [2.75, 3.05) is 7.11 Å². The Morgan fingerprint density at radius 3 is 2.88 bits per heavy atom. The van der Waals surface area contributed by atoms with Crippen LogP contribution in [0.15, 0.2) is 47.1 Å². The molecule has 25 heavy (non-hydrogen) atoms. The Kier molecular flexibility index (Phi) is 3.45. The zero-order chi connectivity index (χ0) is 17.6. The van der Waals surface area contributed by atoms with Gasteiger partial charge in [-0.05, 0) is 11.6 Å². The van der Waals surface area contributed by atoms with Gasteiger partial charge >= 0.3 is 5.97 Å². The molecule has 1 fully saturated rings. The topological polar surface area (TPSA) is 70.2 Å². The molecule has 1 aliphatic rings. The van der Waals surface area contributed by atoms with Gasteiger partial charge < -0.3 is 13.8 Å². The van der Waals surface area contributed by atoms with E-state index in [4.69, 9.17) is 9.26 Å². The van der Waals surface area contributed by atoms with Crippen LogP contribution in [0, 0.1) is 0 Å². The second kappa shape index (κ2) is 5.54. The standard InChI is InChI=1S/C18H16FN3O3/c1-22-10-11(8-14(22)17(23)24-2)15-20-16(25-21-15)13-9-18(13,19)12-6-4-3-5-7-12/h3-8,10,13H,9H2,1-2H3. The van der Waals surface area contributed by atoms with Gasteiger partial charge in [-0.1, -0.05) is 35.5 Å². The van der Waals surface area contributed by atoms with Crippen molar-refractivity contribution in [2.24, 2.45) is 7.05 Å². The zero-order valence-electron chi connectivity index (χ0n) is 13.8. The number of hydrogen-bond donors (Lipinski definition) is 0. The minimum atomic E-state index is -1.46. The van der Waals surface area contributed by atoms with E-state index in [0.717, 1.165) is 0 Å². The Labute approximate surface area is 143 Å². The van der Waals surface area contributed by atoms with Crippen LogP contribution < -0.4 is 0 Å². The smallest absolute Gasteiger partial charge is 0.354 e. The van der Waals surface area contributed by atoms with Crippen molar-refractivity contribution in [3.63, 3.8) is 0 Å². The van der Waals surface area contributed by atoms with Crippen molar-refractivity contribution in [3.8, 4) is 11.4 Å². The Bertz CT molecular complexity index is 934. The van der Waals surface area contributed by atoms with E-state index in [1.54, 1.807) is 36.0 Å². The van der Waals surface area contributed by atoms with E-state index in [0.29, 0.717) is 29.1 Å². The number of aromatic nitrogens is 3. The van der Waals surface area contributed by atoms with Gasteiger partial charge in [-0.15, -0.1) is 0 Å². The van der Waals surface area contributed by atoms with Gasteiger partial charge in [-0.25, -0.2) is 9.18 Å². The number of aryl methyl sites for hydroxylation is 1. The first-order valence-corrected chi connectivity index (χ1v) is 7.86. The lowest BCUT2D eigenvalue weighted by Gasteiger charge is -2.05. The summed E-state index contributed by atoms with van der Waals surface area (Å²) in [6, 6.07) is 10.6. The molecule has 6 nitrogen and oxygen atoms in total. The van der Waals surface area contributed by atoms with Crippen LogP contribution in [0.25, 0.3) is 11.4 Å². The van der Waals surface area contributed by atoms with E-state index in [1.165, 1.54) is 7.11 Å². The minimum Gasteiger partial charge on any atom is -0.464 e. The molecule has 0 N–H and O–H groups in total. The third kappa shape index (κ3) is 2.52. The van der Waals surface area contributed by atoms with E-state index in [9.17, 15) is 4.79 Å². The first-order chi connectivity index (χ1) is 12.0. The number of nitrogens with zero attached hydrogens (tertiary/aromatic N) is 3. The third-order valence-electron chi connectivity index (χ3n) is 4.54. The summed E-state index contributed by atoms with van der Waals surface area (Å²) in [5.74, 6) is -0.306. The van der Waals surface area contributed by atoms with Gasteiger partial charge in [0.25, 0.3) is 0 Å². The fourth-order valence-corrected chi connectivity index (χ4v) is 3.04. The number of alkyl halides is 1. The van der Waals surface area contributed by atoms with Crippen molar-refractivity contribution in [1.82, 2.24) is 14.7 Å². The summed E-state index contributed by atoms with van der Waals surface area (Å²) in [6.07, 6.45) is 2.02. The lowest BCUT2D eigenvalue weighted by atomic mass is 10.1. The summed E-state index contributed by atoms with van der Waals surface area (Å²) in [6.45, 7) is 0. The molecule has 2 heterocycles. The van der Waals surface area contributed by atoms with Crippen LogP contribution in [-0.4, -0.2) is 27.8 Å². The van der Waals surface area contributed by atoms with Crippen molar-refractivity contribution >= 4 is 5.97 Å². The predicted octanol–water partition coefficient (Wildman–Crippen LogP) is 3.21. The number of benzene rings is 1. The molecule has 2 aromatic heterocycles. The molecular formula is C18H16FN3O3. The highest BCUT2D eigenvalue weighted by atomic mass is 19.1. The first kappa shape index (κ1) is 15.6. The number of methoxy groups -OCH3 is 1. The average Bonchev–Trinajstić information content (AvgIpc) is 3.00. The van der Waals surface area contributed by atoms with Crippen LogP contribution >= 0.6 is 0 Å². The molecule has 0 aliphatic heterocycles. The van der Waals surface area contributed by atoms with Gasteiger partial charge in [-0.3, -0.25) is 0 Å². The number of carbonyl (C=O) groups excluding carboxylic acids is 1. The van der Waals surface area contributed by atoms with Crippen LogP contribution in [-0.2, 0) is 17.5 Å². The van der Waals surface area contributed by atoms with E-state index < -0.39 is 17.6 Å². The van der Waals surface area contributed by atoms with Gasteiger partial charge in [0, 0.05) is 25.2 Å². The van der Waals surface area contributed by atoms with E-state index in [2.05, 4.69) is 10.1 Å². The largest absolute Gasteiger partial charge is 0.464 e. The molecule has 3 aromatic rings. The van der Waals surface area contributed by atoms with E-state index >= 15 is 4.39 Å². The number of ether oxygens (including phenoxy) is 1. The van der Waals surface area contributed by atoms with Gasteiger partial charge in [0.1, 0.15) is 11.4 Å². The molecule has 0 spiro atoms. The van der Waals surface area contributed by atoms with Crippen LogP contribution in [0.3, 0.4) is 0 Å². The summed E-state index contributed by atoms with van der Waals surface area (Å²) < 4.78 is 26.6. The van der Waals surface area contributed by atoms with Crippen LogP contribution in [0.4, 0.5) is 4.39 Å². The molecule has 7 heteroatoms. The molecule has 1 aliphatic carbocycles. The average molecular weight is 341 g/mol. The van der Waals surface area contributed by atoms with Crippen LogP contribution in [0.2, 0.25) is 0 Å². The number of halogens is 1. The lowest BCUT2D eigenvalue weighted by Crippen LogP contribution is -2.06. The van der Waals surface area contributed by atoms with Crippen LogP contribution in [0.1, 0.15) is 34.3 Å². The summed E-state index contributed by atoms with van der Waals surface area (Å²) >= 11 is 0. The minimum absolute atomic E-state index is 0.268. The SMILES string of the molecule is COC(=O)c1cc(-c2noc(C3CC3(F)c3ccccc3)n2)cn1C. The summed E-state index contributed by atoms with van der Waals surface area (Å²) in [4.78, 5) is 16.0. The van der Waals surface area contributed by atoms with Gasteiger partial charge in [0.05, 0.1) is 13.0 Å². The predicted molar refractivity (Wildman–Crippen MR) is 86.6 cm³/mol. The Balaban J connectivity index is 1.59. The fourth-order valence-electron chi connectivity index (χ4n) is 3.04. The molecular weight excluding hydrogens is 325 g/mol. The van der Waals surface area contributed by atoms with E-state index in [1.807, 2.05) is 18.2 Å². The number of esters is 1. The molecule has 2 unspecified atom stereocenters. The maximum Gasteiger partial charge on any atom is 0.354 e. The molecule has 1 aromatic carbocycles. The van der Waals surface area contributed by atoms with Gasteiger partial charge in [-0.2, -0.15) is 4.98 Å². The molecule has 0 amide bonds. The van der Waals surface area contributed by atoms with Crippen molar-refractivity contribution in [2.45, 2.75) is 18.0 Å². The number of carbonyl (C=O) groups is 1. The molecule has 128 valence electrons. The maximum atomic E-state index is 15.0. The molecule has 4 rings (SSSR count). The van der Waals surface area contributed by atoms with Crippen molar-refractivity contribution in [3.05, 3.63) is 59.7 Å². The second-order valence-electron chi connectivity index (χ2n) is 6.16. The normalized spacial score (nSPS) is 22.0. The number of hydrogen-bond acceptors (Lipinski definition) is 5. The van der Waals surface area contributed by atoms with Gasteiger partial charge in [0.2, 0.25) is 11.7 Å². The molecule has 1 saturated carbocycles. The van der Waals surface area contributed by atoms with Crippen molar-refractivity contribution < 1.29 is 18.4 Å². The Morgan fingerprint density at radius 1 is 1.40 bits per heavy atom. The highest BCUT2D eigenvalue weighted by molar-refractivity contribution is 5.89. The molecule has 2 atom stereocenters. The quantitative estimate of drug-likeness (QED) is 0.682. The third-order valence-corrected chi connectivity index (χ3v) is 4.54. The molecule has 0 bridgehead atoms. The molecule has 0 saturated heterocycles. The van der Waals surface area contributed by atoms with Crippen molar-refractivity contribution in [1.29, 1.82) is 0 Å². The summed E-state index contributed by atoms with van der Waals surface area (Å²) in [5, 5.41) is 3.93. The monoisotopic (exact) mass is 341 g/mol. The Hall–Kier alpha value is -2.96. The lowest BCUT2D eigenvalue weighted by molar-refractivity contribution is 0.0590. The second-order valence-corrected chi connectivity index (χ2v) is 6.16. The fraction of sp³-hybridized carbons (Fsp3) is 0.278. The van der Waals surface area contributed by atoms with Crippen LogP contribution in [0.5, 0.6) is 0 Å². The maximum absolute atomic E-state index is 15.0. The highest BCUT2D eigenvalue weighted by Crippen LogP contribution is 2.61. The summed E-state index contributed by atoms with van der Waals surface area (Å²) in [7, 11) is 3.04. The highest BCUT2D eigenvalue weighted by Gasteiger charge is 2.60. The number of rotatable bonds is 4. The Morgan fingerprint density at radius 2 is 2.16 bits per heavy atom.